The van der Waals surface area contributed by atoms with E-state index in [0.29, 0.717) is 12.8 Å². The fraction of sp³-hybridized carbons (Fsp3) is 0.641. The van der Waals surface area contributed by atoms with E-state index in [9.17, 15) is 30.0 Å². The van der Waals surface area contributed by atoms with Crippen molar-refractivity contribution in [1.82, 2.24) is 0 Å². The Hall–Kier alpha value is -2.86. The molecule has 1 rings (SSSR count). The van der Waals surface area contributed by atoms with Crippen molar-refractivity contribution < 1.29 is 49.0 Å². The highest BCUT2D eigenvalue weighted by Crippen LogP contribution is 2.22. The Morgan fingerprint density at radius 3 is 1.76 bits per heavy atom. The van der Waals surface area contributed by atoms with Gasteiger partial charge in [0, 0.05) is 12.8 Å². The van der Waals surface area contributed by atoms with Gasteiger partial charge < -0.3 is 39.4 Å². The first-order valence-corrected chi connectivity index (χ1v) is 18.0. The summed E-state index contributed by atoms with van der Waals surface area (Å²) in [5.41, 5.74) is 0. The molecule has 6 atom stereocenters. The zero-order chi connectivity index (χ0) is 36.0. The smallest absolute Gasteiger partial charge is 0.306 e. The summed E-state index contributed by atoms with van der Waals surface area (Å²) in [6.45, 7) is 3.09. The Kier molecular flexibility index (Phi) is 27.0. The van der Waals surface area contributed by atoms with Gasteiger partial charge in [0.25, 0.3) is 0 Å². The van der Waals surface area contributed by atoms with Crippen molar-refractivity contribution in [2.75, 3.05) is 19.8 Å². The van der Waals surface area contributed by atoms with E-state index in [0.717, 1.165) is 64.2 Å². The highest BCUT2D eigenvalue weighted by atomic mass is 16.7. The molecule has 0 radical (unpaired) electrons. The lowest BCUT2D eigenvalue weighted by molar-refractivity contribution is -0.305. The lowest BCUT2D eigenvalue weighted by Crippen LogP contribution is -2.59. The molecule has 0 saturated carbocycles. The summed E-state index contributed by atoms with van der Waals surface area (Å²) < 4.78 is 21.8. The van der Waals surface area contributed by atoms with Crippen LogP contribution in [0.15, 0.2) is 72.9 Å². The molecule has 0 aromatic carbocycles. The number of rotatable bonds is 27. The quantitative estimate of drug-likeness (QED) is 0.0452. The first kappa shape index (κ1) is 44.2. The minimum atomic E-state index is -1.61. The Balaban J connectivity index is 2.43. The summed E-state index contributed by atoms with van der Waals surface area (Å²) in [5, 5.41) is 39.7. The lowest BCUT2D eigenvalue weighted by Gasteiger charge is -2.39. The standard InChI is InChI=1S/C39H62O10/c1-3-5-7-9-10-11-12-13-14-15-16-17-18-19-20-21-22-24-26-28-35(42)48-32(30-46-34(41)27-25-23-8-6-4-2)31-47-39-38(45)37(44)36(43)33(29-40)49-39/h5,7,10-11,13-14,16-17,19-20,22,24,32-33,36-40,43-45H,3-4,6,8-9,12,15,18,21,23,25-31H2,1-2H3/b7-5-,11-10-,14-13-,17-16-,20-19-,24-22-. The number of hydrogen-bond donors (Lipinski definition) is 4. The number of hydrogen-bond acceptors (Lipinski definition) is 10. The maximum atomic E-state index is 12.6. The number of allylic oxidation sites excluding steroid dienone is 12. The minimum absolute atomic E-state index is 0.101. The van der Waals surface area contributed by atoms with Crippen LogP contribution in [0.4, 0.5) is 0 Å². The van der Waals surface area contributed by atoms with Crippen molar-refractivity contribution in [2.24, 2.45) is 0 Å². The van der Waals surface area contributed by atoms with Crippen LogP contribution in [0.2, 0.25) is 0 Å². The molecule has 4 N–H and O–H groups in total. The van der Waals surface area contributed by atoms with Crippen molar-refractivity contribution in [2.45, 2.75) is 141 Å². The van der Waals surface area contributed by atoms with Gasteiger partial charge in [0.05, 0.1) is 13.2 Å². The van der Waals surface area contributed by atoms with E-state index in [2.05, 4.69) is 74.6 Å². The molecule has 0 aromatic heterocycles. The molecule has 1 aliphatic heterocycles. The van der Waals surface area contributed by atoms with Crippen LogP contribution in [0.1, 0.15) is 104 Å². The third-order valence-electron chi connectivity index (χ3n) is 7.62. The molecule has 0 aliphatic carbocycles. The molecule has 278 valence electrons. The molecule has 0 bridgehead atoms. The molecule has 10 nitrogen and oxygen atoms in total. The molecule has 0 amide bonds. The van der Waals surface area contributed by atoms with Gasteiger partial charge in [-0.05, 0) is 51.4 Å². The molecule has 1 heterocycles. The number of carbonyl (C=O) groups is 2. The fourth-order valence-corrected chi connectivity index (χ4v) is 4.74. The van der Waals surface area contributed by atoms with Crippen LogP contribution in [-0.4, -0.2) is 89.0 Å². The maximum Gasteiger partial charge on any atom is 0.306 e. The van der Waals surface area contributed by atoms with Gasteiger partial charge in [-0.1, -0.05) is 112 Å². The summed E-state index contributed by atoms with van der Waals surface area (Å²) in [6, 6.07) is 0. The van der Waals surface area contributed by atoms with Crippen LogP contribution in [-0.2, 0) is 28.5 Å². The molecular formula is C39H62O10. The molecule has 1 fully saturated rings. The Labute approximate surface area is 293 Å². The molecule has 0 spiro atoms. The van der Waals surface area contributed by atoms with Gasteiger partial charge in [0.1, 0.15) is 31.0 Å². The number of carbonyl (C=O) groups excluding carboxylic acids is 2. The van der Waals surface area contributed by atoms with Gasteiger partial charge in [-0.15, -0.1) is 0 Å². The number of aliphatic hydroxyl groups excluding tert-OH is 4. The highest BCUT2D eigenvalue weighted by Gasteiger charge is 2.44. The van der Waals surface area contributed by atoms with Crippen LogP contribution in [0.25, 0.3) is 0 Å². The summed E-state index contributed by atoms with van der Waals surface area (Å²) in [5.74, 6) is -0.930. The molecule has 10 heteroatoms. The van der Waals surface area contributed by atoms with Gasteiger partial charge in [-0.25, -0.2) is 0 Å². The van der Waals surface area contributed by atoms with Crippen molar-refractivity contribution in [3.8, 4) is 0 Å². The van der Waals surface area contributed by atoms with Crippen molar-refractivity contribution in [3.05, 3.63) is 72.9 Å². The molecule has 6 unspecified atom stereocenters. The van der Waals surface area contributed by atoms with Gasteiger partial charge >= 0.3 is 11.9 Å². The predicted octanol–water partition coefficient (Wildman–Crippen LogP) is 6.10. The molecule has 0 aromatic rings. The van der Waals surface area contributed by atoms with Crippen LogP contribution in [0, 0.1) is 0 Å². The zero-order valence-corrected chi connectivity index (χ0v) is 29.7. The Bertz CT molecular complexity index is 1030. The van der Waals surface area contributed by atoms with Crippen LogP contribution in [0.3, 0.4) is 0 Å². The average molecular weight is 691 g/mol. The fourth-order valence-electron chi connectivity index (χ4n) is 4.74. The summed E-state index contributed by atoms with van der Waals surface area (Å²) in [7, 11) is 0. The monoisotopic (exact) mass is 690 g/mol. The first-order chi connectivity index (χ1) is 23.8. The van der Waals surface area contributed by atoms with E-state index in [4.69, 9.17) is 18.9 Å². The van der Waals surface area contributed by atoms with Gasteiger partial charge in [-0.3, -0.25) is 9.59 Å². The minimum Gasteiger partial charge on any atom is -0.462 e. The van der Waals surface area contributed by atoms with E-state index in [1.807, 2.05) is 12.2 Å². The lowest BCUT2D eigenvalue weighted by atomic mass is 9.99. The predicted molar refractivity (Wildman–Crippen MR) is 191 cm³/mol. The number of unbranched alkanes of at least 4 members (excludes halogenated alkanes) is 4. The first-order valence-electron chi connectivity index (χ1n) is 18.0. The Morgan fingerprint density at radius 2 is 1.20 bits per heavy atom. The third kappa shape index (κ3) is 22.5. The van der Waals surface area contributed by atoms with E-state index in [-0.39, 0.29) is 26.1 Å². The van der Waals surface area contributed by atoms with Crippen LogP contribution >= 0.6 is 0 Å². The molecular weight excluding hydrogens is 628 g/mol. The van der Waals surface area contributed by atoms with E-state index < -0.39 is 55.4 Å². The number of aliphatic hydroxyl groups is 4. The van der Waals surface area contributed by atoms with Gasteiger partial charge in [0.2, 0.25) is 0 Å². The largest absolute Gasteiger partial charge is 0.462 e. The Morgan fingerprint density at radius 1 is 0.653 bits per heavy atom. The summed E-state index contributed by atoms with van der Waals surface area (Å²) in [6.07, 6.45) is 28.3. The third-order valence-corrected chi connectivity index (χ3v) is 7.62. The summed E-state index contributed by atoms with van der Waals surface area (Å²) >= 11 is 0. The normalized spacial score (nSPS) is 22.4. The summed E-state index contributed by atoms with van der Waals surface area (Å²) in [4.78, 5) is 24.9. The topological polar surface area (TPSA) is 152 Å². The SMILES string of the molecule is CC/C=C\C/C=C\C/C=C\C/C=C\C/C=C\C/C=C\CCC(=O)OC(COC(=O)CCCCCCC)COC1OC(CO)C(O)C(O)C1O. The van der Waals surface area contributed by atoms with Gasteiger partial charge in [-0.2, -0.15) is 0 Å². The maximum absolute atomic E-state index is 12.6. The van der Waals surface area contributed by atoms with Crippen molar-refractivity contribution in [3.63, 3.8) is 0 Å². The molecule has 49 heavy (non-hydrogen) atoms. The zero-order valence-electron chi connectivity index (χ0n) is 29.7. The number of ether oxygens (including phenoxy) is 4. The second kappa shape index (κ2) is 30.0. The average Bonchev–Trinajstić information content (AvgIpc) is 3.10. The second-order valence-corrected chi connectivity index (χ2v) is 11.9. The van der Waals surface area contributed by atoms with E-state index >= 15 is 0 Å². The highest BCUT2D eigenvalue weighted by molar-refractivity contribution is 5.70. The van der Waals surface area contributed by atoms with Crippen molar-refractivity contribution >= 4 is 11.9 Å². The van der Waals surface area contributed by atoms with Crippen molar-refractivity contribution in [1.29, 1.82) is 0 Å². The number of esters is 2. The van der Waals surface area contributed by atoms with E-state index in [1.54, 1.807) is 0 Å². The molecule has 1 aliphatic rings. The molecule has 1 saturated heterocycles. The van der Waals surface area contributed by atoms with E-state index in [1.165, 1.54) is 0 Å². The second-order valence-electron chi connectivity index (χ2n) is 11.9. The van der Waals surface area contributed by atoms with Gasteiger partial charge in [0.15, 0.2) is 12.4 Å². The van der Waals surface area contributed by atoms with Crippen LogP contribution in [0.5, 0.6) is 0 Å². The van der Waals surface area contributed by atoms with Crippen LogP contribution < -0.4 is 0 Å².